The fraction of sp³-hybridized carbons (Fsp3) is 0.158. The summed E-state index contributed by atoms with van der Waals surface area (Å²) in [5.41, 5.74) is 1.62. The van der Waals surface area contributed by atoms with Gasteiger partial charge in [0.25, 0.3) is 5.91 Å². The van der Waals surface area contributed by atoms with Gasteiger partial charge in [0.15, 0.2) is 6.61 Å². The van der Waals surface area contributed by atoms with Crippen molar-refractivity contribution in [3.63, 3.8) is 0 Å². The molecule has 9 heteroatoms. The Bertz CT molecular complexity index is 956. The number of ether oxygens (including phenoxy) is 1. The molecule has 0 bridgehead atoms. The van der Waals surface area contributed by atoms with Crippen LogP contribution in [0.3, 0.4) is 0 Å². The summed E-state index contributed by atoms with van der Waals surface area (Å²) < 4.78 is 43.0. The zero-order valence-electron chi connectivity index (χ0n) is 14.4. The van der Waals surface area contributed by atoms with Gasteiger partial charge in [-0.25, -0.2) is 0 Å². The third-order valence-corrected chi connectivity index (χ3v) is 3.90. The number of alkyl halides is 3. The molecule has 1 aromatic heterocycles. The van der Waals surface area contributed by atoms with E-state index in [0.29, 0.717) is 17.3 Å². The number of anilines is 1. The van der Waals surface area contributed by atoms with E-state index in [-0.39, 0.29) is 11.3 Å². The highest BCUT2D eigenvalue weighted by Gasteiger charge is 2.28. The molecular formula is C19H15ClF3N3O2. The third-order valence-electron chi connectivity index (χ3n) is 3.65. The molecule has 1 heterocycles. The van der Waals surface area contributed by atoms with E-state index in [1.165, 1.54) is 30.5 Å². The minimum Gasteiger partial charge on any atom is -0.484 e. The van der Waals surface area contributed by atoms with Crippen LogP contribution >= 0.6 is 11.6 Å². The number of nitrogens with one attached hydrogen (secondary N) is 1. The number of amides is 1. The van der Waals surface area contributed by atoms with Gasteiger partial charge in [-0.2, -0.15) is 18.3 Å². The molecule has 1 amide bonds. The van der Waals surface area contributed by atoms with E-state index in [4.69, 9.17) is 11.6 Å². The zero-order chi connectivity index (χ0) is 20.1. The maximum absolute atomic E-state index is 12.3. The number of hydrogen-bond donors (Lipinski definition) is 1. The van der Waals surface area contributed by atoms with Gasteiger partial charge in [-0.1, -0.05) is 29.8 Å². The largest absolute Gasteiger partial charge is 0.484 e. The standard InChI is InChI=1S/C19H15ClF3N3O2/c20-15-6-4-13(5-7-15)10-26-11-16(9-24-26)25-18(27)14-2-1-3-17(8-14)28-12-19(21,22)23/h1-9,11H,10,12H2,(H,25,27). The first kappa shape index (κ1) is 19.8. The van der Waals surface area contributed by atoms with E-state index in [9.17, 15) is 18.0 Å². The molecule has 0 fully saturated rings. The summed E-state index contributed by atoms with van der Waals surface area (Å²) in [5, 5.41) is 7.46. The Kier molecular flexibility index (Phi) is 5.89. The van der Waals surface area contributed by atoms with Crippen LogP contribution in [0.5, 0.6) is 5.75 Å². The summed E-state index contributed by atoms with van der Waals surface area (Å²) in [4.78, 5) is 12.3. The molecule has 3 rings (SSSR count). The number of hydrogen-bond acceptors (Lipinski definition) is 3. The first-order chi connectivity index (χ1) is 13.3. The highest BCUT2D eigenvalue weighted by molar-refractivity contribution is 6.30. The second kappa shape index (κ2) is 8.35. The van der Waals surface area contributed by atoms with Gasteiger partial charge < -0.3 is 10.1 Å². The van der Waals surface area contributed by atoms with Crippen molar-refractivity contribution in [1.82, 2.24) is 9.78 Å². The van der Waals surface area contributed by atoms with Crippen LogP contribution in [-0.4, -0.2) is 28.5 Å². The Balaban J connectivity index is 1.62. The van der Waals surface area contributed by atoms with Crippen LogP contribution < -0.4 is 10.1 Å². The second-order valence-electron chi connectivity index (χ2n) is 5.94. The van der Waals surface area contributed by atoms with E-state index in [0.717, 1.165) is 5.56 Å². The van der Waals surface area contributed by atoms with Crippen molar-refractivity contribution < 1.29 is 22.7 Å². The summed E-state index contributed by atoms with van der Waals surface area (Å²) in [5.74, 6) is -0.521. The van der Waals surface area contributed by atoms with Crippen LogP contribution in [0.1, 0.15) is 15.9 Å². The van der Waals surface area contributed by atoms with Gasteiger partial charge >= 0.3 is 6.18 Å². The number of nitrogens with zero attached hydrogens (tertiary/aromatic N) is 2. The molecule has 2 aromatic carbocycles. The van der Waals surface area contributed by atoms with Crippen molar-refractivity contribution in [3.8, 4) is 5.75 Å². The number of benzene rings is 2. The molecule has 28 heavy (non-hydrogen) atoms. The Labute approximate surface area is 163 Å². The lowest BCUT2D eigenvalue weighted by molar-refractivity contribution is -0.153. The summed E-state index contributed by atoms with van der Waals surface area (Å²) in [6.45, 7) is -0.927. The molecule has 3 aromatic rings. The number of aromatic nitrogens is 2. The van der Waals surface area contributed by atoms with E-state index in [2.05, 4.69) is 15.2 Å². The molecule has 0 aliphatic heterocycles. The van der Waals surface area contributed by atoms with Crippen molar-refractivity contribution in [2.45, 2.75) is 12.7 Å². The lowest BCUT2D eigenvalue weighted by Gasteiger charge is -2.10. The highest BCUT2D eigenvalue weighted by Crippen LogP contribution is 2.20. The molecular weight excluding hydrogens is 395 g/mol. The molecule has 0 radical (unpaired) electrons. The van der Waals surface area contributed by atoms with Gasteiger partial charge in [0.2, 0.25) is 0 Å². The van der Waals surface area contributed by atoms with E-state index in [1.807, 2.05) is 12.1 Å². The minimum absolute atomic E-state index is 0.0385. The summed E-state index contributed by atoms with van der Waals surface area (Å²) in [6, 6.07) is 12.8. The van der Waals surface area contributed by atoms with Crippen LogP contribution in [0.25, 0.3) is 0 Å². The Hall–Kier alpha value is -3.00. The maximum atomic E-state index is 12.3. The average Bonchev–Trinajstić information content (AvgIpc) is 3.08. The molecule has 5 nitrogen and oxygen atoms in total. The fourth-order valence-corrected chi connectivity index (χ4v) is 2.51. The Morgan fingerprint density at radius 1 is 1.18 bits per heavy atom. The number of carbonyl (C=O) groups excluding carboxylic acids is 1. The zero-order valence-corrected chi connectivity index (χ0v) is 15.2. The molecule has 1 N–H and O–H groups in total. The van der Waals surface area contributed by atoms with E-state index in [1.54, 1.807) is 23.0 Å². The topological polar surface area (TPSA) is 56.2 Å². The van der Waals surface area contributed by atoms with Gasteiger partial charge in [0.1, 0.15) is 5.75 Å². The van der Waals surface area contributed by atoms with Crippen molar-refractivity contribution in [1.29, 1.82) is 0 Å². The maximum Gasteiger partial charge on any atom is 0.422 e. The van der Waals surface area contributed by atoms with Crippen LogP contribution in [0.2, 0.25) is 5.02 Å². The van der Waals surface area contributed by atoms with Gasteiger partial charge in [-0.15, -0.1) is 0 Å². The van der Waals surface area contributed by atoms with Crippen LogP contribution in [0.15, 0.2) is 60.9 Å². The Morgan fingerprint density at radius 2 is 1.93 bits per heavy atom. The van der Waals surface area contributed by atoms with Crippen molar-refractivity contribution in [2.24, 2.45) is 0 Å². The summed E-state index contributed by atoms with van der Waals surface area (Å²) >= 11 is 5.85. The molecule has 0 aliphatic rings. The molecule has 0 atom stereocenters. The van der Waals surface area contributed by atoms with Gasteiger partial charge in [-0.3, -0.25) is 9.48 Å². The first-order valence-electron chi connectivity index (χ1n) is 8.16. The van der Waals surface area contributed by atoms with Gasteiger partial charge in [0, 0.05) is 16.8 Å². The van der Waals surface area contributed by atoms with E-state index < -0.39 is 18.7 Å². The first-order valence-corrected chi connectivity index (χ1v) is 8.54. The van der Waals surface area contributed by atoms with Gasteiger partial charge in [0.05, 0.1) is 18.4 Å². The quantitative estimate of drug-likeness (QED) is 0.637. The van der Waals surface area contributed by atoms with Crippen LogP contribution in [0.4, 0.5) is 18.9 Å². The second-order valence-corrected chi connectivity index (χ2v) is 6.38. The summed E-state index contributed by atoms with van der Waals surface area (Å²) in [7, 11) is 0. The number of carbonyl (C=O) groups is 1. The highest BCUT2D eigenvalue weighted by atomic mass is 35.5. The predicted molar refractivity (Wildman–Crippen MR) is 98.7 cm³/mol. The number of halogens is 4. The Morgan fingerprint density at radius 3 is 2.64 bits per heavy atom. The van der Waals surface area contributed by atoms with Crippen LogP contribution in [0, 0.1) is 0 Å². The lowest BCUT2D eigenvalue weighted by Crippen LogP contribution is -2.19. The van der Waals surface area contributed by atoms with Crippen molar-refractivity contribution >= 4 is 23.2 Å². The molecule has 0 saturated heterocycles. The normalized spacial score (nSPS) is 11.3. The minimum atomic E-state index is -4.45. The smallest absolute Gasteiger partial charge is 0.422 e. The van der Waals surface area contributed by atoms with E-state index >= 15 is 0 Å². The van der Waals surface area contributed by atoms with Gasteiger partial charge in [-0.05, 0) is 35.9 Å². The monoisotopic (exact) mass is 409 g/mol. The summed E-state index contributed by atoms with van der Waals surface area (Å²) in [6.07, 6.45) is -1.31. The van der Waals surface area contributed by atoms with Crippen molar-refractivity contribution in [3.05, 3.63) is 77.1 Å². The van der Waals surface area contributed by atoms with Crippen molar-refractivity contribution in [2.75, 3.05) is 11.9 Å². The van der Waals surface area contributed by atoms with Crippen LogP contribution in [-0.2, 0) is 6.54 Å². The third kappa shape index (κ3) is 5.75. The average molecular weight is 410 g/mol. The lowest BCUT2D eigenvalue weighted by atomic mass is 10.2. The molecule has 0 unspecified atom stereocenters. The molecule has 0 aliphatic carbocycles. The fourth-order valence-electron chi connectivity index (χ4n) is 2.39. The predicted octanol–water partition coefficient (Wildman–Crippen LogP) is 4.78. The molecule has 0 spiro atoms. The molecule has 0 saturated carbocycles. The molecule has 146 valence electrons. The number of rotatable bonds is 6. The SMILES string of the molecule is O=C(Nc1cnn(Cc2ccc(Cl)cc2)c1)c1cccc(OCC(F)(F)F)c1.